The molecule has 0 aromatic heterocycles. The van der Waals surface area contributed by atoms with Crippen LogP contribution in [0.2, 0.25) is 0 Å². The van der Waals surface area contributed by atoms with Gasteiger partial charge in [-0.3, -0.25) is 0 Å². The van der Waals surface area contributed by atoms with Crippen LogP contribution in [0.1, 0.15) is 12.8 Å². The molecule has 5 heteroatoms. The van der Waals surface area contributed by atoms with Crippen LogP contribution >= 0.6 is 0 Å². The van der Waals surface area contributed by atoms with Crippen LogP contribution in [0.25, 0.3) is 0 Å². The van der Waals surface area contributed by atoms with E-state index >= 15 is 0 Å². The summed E-state index contributed by atoms with van der Waals surface area (Å²) in [7, 11) is 1.61. The van der Waals surface area contributed by atoms with Crippen molar-refractivity contribution in [2.45, 2.75) is 12.8 Å². The van der Waals surface area contributed by atoms with Crippen molar-refractivity contribution in [2.24, 2.45) is 0 Å². The minimum absolute atomic E-state index is 0.101. The van der Waals surface area contributed by atoms with E-state index in [-0.39, 0.29) is 5.75 Å². The van der Waals surface area contributed by atoms with E-state index in [1.54, 1.807) is 0 Å². The number of likely N-dealkylation sites (tertiary alicyclic amines) is 1. The van der Waals surface area contributed by atoms with Crippen LogP contribution in [0.15, 0.2) is 0 Å². The molecule has 1 fully saturated rings. The molecule has 0 spiro atoms. The van der Waals surface area contributed by atoms with Crippen LogP contribution in [-0.2, 0) is 10.0 Å². The Hall–Kier alpha value is -0.130. The lowest BCUT2D eigenvalue weighted by atomic mass is 10.4. The summed E-state index contributed by atoms with van der Waals surface area (Å²) in [5.41, 5.74) is 0. The molecule has 0 aliphatic carbocycles. The summed E-state index contributed by atoms with van der Waals surface area (Å²) >= 11 is 0. The molecule has 0 unspecified atom stereocenters. The third-order valence-electron chi connectivity index (χ3n) is 2.05. The monoisotopic (exact) mass is 190 g/mol. The molecule has 70 valence electrons. The third-order valence-corrected chi connectivity index (χ3v) is 3.13. The first-order valence-corrected chi connectivity index (χ1v) is 5.72. The number of nitrogens with zero attached hydrogens (tertiary/aromatic N) is 1. The van der Waals surface area contributed by atoms with Gasteiger partial charge in [-0.25, -0.2) is 13.1 Å². The van der Waals surface area contributed by atoms with E-state index in [4.69, 9.17) is 7.05 Å². The van der Waals surface area contributed by atoms with Crippen molar-refractivity contribution in [1.82, 2.24) is 9.62 Å². The molecule has 0 atom stereocenters. The molecule has 0 aromatic carbocycles. The maximum Gasteiger partial charge on any atom is 0.213 e. The van der Waals surface area contributed by atoms with E-state index in [1.165, 1.54) is 12.8 Å². The predicted octanol–water partition coefficient (Wildman–Crippen LogP) is -0.330. The van der Waals surface area contributed by atoms with Gasteiger partial charge in [0, 0.05) is 6.54 Å². The van der Waals surface area contributed by atoms with Crippen LogP contribution < -0.4 is 4.72 Å². The van der Waals surface area contributed by atoms with Crippen LogP contribution in [0.4, 0.5) is 0 Å². The lowest BCUT2D eigenvalue weighted by molar-refractivity contribution is 0.359. The largest absolute Gasteiger partial charge is 0.302 e. The predicted molar refractivity (Wildman–Crippen MR) is 46.9 cm³/mol. The zero-order valence-corrected chi connectivity index (χ0v) is 7.81. The molecule has 0 aromatic rings. The van der Waals surface area contributed by atoms with Crippen LogP contribution in [-0.4, -0.2) is 38.7 Å². The van der Waals surface area contributed by atoms with E-state index < -0.39 is 10.0 Å². The lowest BCUT2D eigenvalue weighted by Crippen LogP contribution is -2.30. The van der Waals surface area contributed by atoms with Gasteiger partial charge in [0.25, 0.3) is 0 Å². The average molecular weight is 190 g/mol. The van der Waals surface area contributed by atoms with Crippen molar-refractivity contribution in [3.63, 3.8) is 0 Å². The summed E-state index contributed by atoms with van der Waals surface area (Å²) in [6.45, 7) is 2.62. The lowest BCUT2D eigenvalue weighted by Gasteiger charge is -2.13. The molecule has 2 radical (unpaired) electrons. The molecule has 12 heavy (non-hydrogen) atoms. The van der Waals surface area contributed by atoms with Crippen molar-refractivity contribution < 1.29 is 8.42 Å². The van der Waals surface area contributed by atoms with Crippen molar-refractivity contribution in [3.8, 4) is 0 Å². The quantitative estimate of drug-likeness (QED) is 0.618. The Labute approximate surface area is 74.0 Å². The number of nitrogens with one attached hydrogen (secondary N) is 1. The minimum atomic E-state index is -3.22. The Kier molecular flexibility index (Phi) is 3.49. The molecule has 4 nitrogen and oxygen atoms in total. The Bertz CT molecular complexity index is 220. The second-order valence-electron chi connectivity index (χ2n) is 2.99. The van der Waals surface area contributed by atoms with Gasteiger partial charge in [-0.2, -0.15) is 0 Å². The normalized spacial score (nSPS) is 20.1. The average Bonchev–Trinajstić information content (AvgIpc) is 2.53. The van der Waals surface area contributed by atoms with Gasteiger partial charge < -0.3 is 4.90 Å². The summed E-state index contributed by atoms with van der Waals surface area (Å²) in [6, 6.07) is 0. The molecule has 1 aliphatic rings. The second kappa shape index (κ2) is 4.20. The number of hydrogen-bond acceptors (Lipinski definition) is 3. The van der Waals surface area contributed by atoms with Gasteiger partial charge in [0.2, 0.25) is 10.0 Å². The topological polar surface area (TPSA) is 49.4 Å². The second-order valence-corrected chi connectivity index (χ2v) is 4.86. The number of sulfonamides is 1. The number of rotatable bonds is 4. The standard InChI is InChI=1S/C7H14N2O2S/c1-8-12(10,11)7-6-9-4-2-3-5-9/h1,8H,2-7H2. The zero-order valence-electron chi connectivity index (χ0n) is 6.99. The highest BCUT2D eigenvalue weighted by molar-refractivity contribution is 7.89. The van der Waals surface area contributed by atoms with E-state index in [0.717, 1.165) is 13.1 Å². The Balaban J connectivity index is 2.25. The number of hydrogen-bond donors (Lipinski definition) is 1. The highest BCUT2D eigenvalue weighted by atomic mass is 32.2. The van der Waals surface area contributed by atoms with Gasteiger partial charge in [0.1, 0.15) is 0 Å². The van der Waals surface area contributed by atoms with E-state index in [1.807, 2.05) is 4.72 Å². The van der Waals surface area contributed by atoms with Crippen LogP contribution in [0.5, 0.6) is 0 Å². The molecular weight excluding hydrogens is 176 g/mol. The maximum absolute atomic E-state index is 10.9. The molecule has 0 bridgehead atoms. The van der Waals surface area contributed by atoms with Gasteiger partial charge >= 0.3 is 0 Å². The molecule has 1 rings (SSSR count). The molecule has 1 saturated heterocycles. The molecule has 0 saturated carbocycles. The highest BCUT2D eigenvalue weighted by Crippen LogP contribution is 2.06. The Morgan fingerprint density at radius 2 is 1.92 bits per heavy atom. The molecule has 1 heterocycles. The molecule has 1 N–H and O–H groups in total. The SMILES string of the molecule is [CH]NS(=O)(=O)CCN1CCCC1. The first-order chi connectivity index (χ1) is 5.64. The van der Waals surface area contributed by atoms with E-state index in [2.05, 4.69) is 4.90 Å². The van der Waals surface area contributed by atoms with Gasteiger partial charge in [-0.15, -0.1) is 0 Å². The summed E-state index contributed by atoms with van der Waals surface area (Å²) in [5.74, 6) is 0.101. The van der Waals surface area contributed by atoms with Gasteiger partial charge in [-0.1, -0.05) is 0 Å². The summed E-state index contributed by atoms with van der Waals surface area (Å²) in [5, 5.41) is 0. The van der Waals surface area contributed by atoms with Crippen molar-refractivity contribution >= 4 is 10.0 Å². The molecule has 1 aliphatic heterocycles. The van der Waals surface area contributed by atoms with E-state index in [0.29, 0.717) is 6.54 Å². The third kappa shape index (κ3) is 3.08. The fourth-order valence-corrected chi connectivity index (χ4v) is 1.93. The summed E-state index contributed by atoms with van der Waals surface area (Å²) < 4.78 is 23.6. The first kappa shape index (κ1) is 9.95. The van der Waals surface area contributed by atoms with Crippen LogP contribution in [0, 0.1) is 7.05 Å². The van der Waals surface area contributed by atoms with Crippen molar-refractivity contribution in [1.29, 1.82) is 0 Å². The van der Waals surface area contributed by atoms with Gasteiger partial charge in [0.05, 0.1) is 12.8 Å². The molecular formula is C7H14N2O2S. The Morgan fingerprint density at radius 3 is 2.42 bits per heavy atom. The molecule has 0 amide bonds. The summed E-state index contributed by atoms with van der Waals surface area (Å²) in [6.07, 6.45) is 2.35. The summed E-state index contributed by atoms with van der Waals surface area (Å²) in [4.78, 5) is 2.13. The van der Waals surface area contributed by atoms with Gasteiger partial charge in [-0.05, 0) is 25.9 Å². The van der Waals surface area contributed by atoms with Crippen LogP contribution in [0.3, 0.4) is 0 Å². The fraction of sp³-hybridized carbons (Fsp3) is 0.857. The smallest absolute Gasteiger partial charge is 0.213 e. The van der Waals surface area contributed by atoms with Crippen molar-refractivity contribution in [3.05, 3.63) is 7.05 Å². The zero-order chi connectivity index (χ0) is 9.03. The first-order valence-electron chi connectivity index (χ1n) is 4.06. The highest BCUT2D eigenvalue weighted by Gasteiger charge is 2.14. The van der Waals surface area contributed by atoms with Crippen molar-refractivity contribution in [2.75, 3.05) is 25.4 Å². The van der Waals surface area contributed by atoms with E-state index in [9.17, 15) is 8.42 Å². The Morgan fingerprint density at radius 1 is 1.33 bits per heavy atom. The van der Waals surface area contributed by atoms with Gasteiger partial charge in [0.15, 0.2) is 0 Å². The minimum Gasteiger partial charge on any atom is -0.302 e. The maximum atomic E-state index is 10.9. The fourth-order valence-electron chi connectivity index (χ4n) is 1.31.